The van der Waals surface area contributed by atoms with Gasteiger partial charge < -0.3 is 19.2 Å². The quantitative estimate of drug-likeness (QED) is 0.751. The normalized spacial score (nSPS) is 10.7. The molecule has 0 fully saturated rings. The van der Waals surface area contributed by atoms with Crippen LogP contribution in [-0.2, 0) is 7.05 Å². The van der Waals surface area contributed by atoms with Crippen LogP contribution in [0.5, 0.6) is 5.75 Å². The molecule has 0 bridgehead atoms. The molecule has 0 spiro atoms. The summed E-state index contributed by atoms with van der Waals surface area (Å²) in [4.78, 5) is 11.0. The van der Waals surface area contributed by atoms with Crippen LogP contribution in [0.25, 0.3) is 10.9 Å². The Hall–Kier alpha value is -1.97. The largest absolute Gasteiger partial charge is 0.543 e. The maximum absolute atomic E-state index is 11.0. The van der Waals surface area contributed by atoms with E-state index >= 15 is 0 Å². The molecular formula is C12H12NO3-. The molecular weight excluding hydrogens is 206 g/mol. The number of carbonyl (C=O) groups is 1. The van der Waals surface area contributed by atoms with Crippen LogP contribution in [0.2, 0.25) is 0 Å². The van der Waals surface area contributed by atoms with Gasteiger partial charge in [0, 0.05) is 18.0 Å². The van der Waals surface area contributed by atoms with E-state index in [1.54, 1.807) is 31.7 Å². The minimum atomic E-state index is -1.16. The number of methoxy groups -OCH3 is 1. The molecule has 0 radical (unpaired) electrons. The summed E-state index contributed by atoms with van der Waals surface area (Å²) in [6.07, 6.45) is 0. The fourth-order valence-electron chi connectivity index (χ4n) is 2.02. The van der Waals surface area contributed by atoms with Crippen LogP contribution in [0.4, 0.5) is 0 Å². The Balaban J connectivity index is 2.83. The summed E-state index contributed by atoms with van der Waals surface area (Å²) in [5, 5.41) is 11.9. The number of benzene rings is 1. The number of carboxylic acid groups (broad SMARTS) is 1. The van der Waals surface area contributed by atoms with Gasteiger partial charge in [-0.2, -0.15) is 0 Å². The highest BCUT2D eigenvalue weighted by atomic mass is 16.5. The summed E-state index contributed by atoms with van der Waals surface area (Å²) in [6, 6.07) is 5.48. The first-order valence-electron chi connectivity index (χ1n) is 4.90. The number of nitrogens with zero attached hydrogens (tertiary/aromatic N) is 1. The van der Waals surface area contributed by atoms with Gasteiger partial charge >= 0.3 is 0 Å². The fraction of sp³-hybridized carbons (Fsp3) is 0.250. The lowest BCUT2D eigenvalue weighted by atomic mass is 10.1. The van der Waals surface area contributed by atoms with E-state index in [1.165, 1.54) is 0 Å². The molecule has 1 aromatic carbocycles. The van der Waals surface area contributed by atoms with Gasteiger partial charge in [0.25, 0.3) is 0 Å². The first-order chi connectivity index (χ1) is 7.56. The van der Waals surface area contributed by atoms with Gasteiger partial charge in [0.05, 0.1) is 18.8 Å². The Bertz CT molecular complexity index is 569. The average Bonchev–Trinajstić information content (AvgIpc) is 2.51. The predicted octanol–water partition coefficient (Wildman–Crippen LogP) is 0.859. The first-order valence-corrected chi connectivity index (χ1v) is 4.90. The van der Waals surface area contributed by atoms with Crippen molar-refractivity contribution >= 4 is 16.9 Å². The minimum Gasteiger partial charge on any atom is -0.543 e. The molecule has 0 unspecified atom stereocenters. The molecule has 0 saturated carbocycles. The van der Waals surface area contributed by atoms with Gasteiger partial charge in [0.15, 0.2) is 0 Å². The molecule has 84 valence electrons. The van der Waals surface area contributed by atoms with Gasteiger partial charge in [-0.25, -0.2) is 0 Å². The molecule has 0 amide bonds. The van der Waals surface area contributed by atoms with E-state index in [0.717, 1.165) is 10.9 Å². The number of fused-ring (bicyclic) bond motifs is 1. The average molecular weight is 218 g/mol. The monoisotopic (exact) mass is 218 g/mol. The zero-order chi connectivity index (χ0) is 11.9. The Morgan fingerprint density at radius 3 is 2.69 bits per heavy atom. The second-order valence-corrected chi connectivity index (χ2v) is 3.70. The van der Waals surface area contributed by atoms with Crippen molar-refractivity contribution in [3.05, 3.63) is 29.5 Å². The van der Waals surface area contributed by atoms with Crippen molar-refractivity contribution in [2.45, 2.75) is 6.92 Å². The molecule has 2 aromatic rings. The van der Waals surface area contributed by atoms with Gasteiger partial charge in [-0.15, -0.1) is 0 Å². The van der Waals surface area contributed by atoms with Crippen molar-refractivity contribution in [1.29, 1.82) is 0 Å². The molecule has 4 heteroatoms. The smallest absolute Gasteiger partial charge is 0.119 e. The molecule has 16 heavy (non-hydrogen) atoms. The first kappa shape index (κ1) is 10.5. The van der Waals surface area contributed by atoms with Crippen LogP contribution in [0, 0.1) is 6.92 Å². The molecule has 0 aliphatic heterocycles. The summed E-state index contributed by atoms with van der Waals surface area (Å²) >= 11 is 0. The zero-order valence-electron chi connectivity index (χ0n) is 9.40. The topological polar surface area (TPSA) is 54.3 Å². The maximum atomic E-state index is 11.0. The summed E-state index contributed by atoms with van der Waals surface area (Å²) in [7, 11) is 3.30. The number of aromatic nitrogens is 1. The lowest BCUT2D eigenvalue weighted by Crippen LogP contribution is -2.25. The molecule has 0 atom stereocenters. The Kier molecular flexibility index (Phi) is 2.34. The minimum absolute atomic E-state index is 0.211. The number of aromatic carboxylic acids is 1. The molecule has 0 saturated heterocycles. The van der Waals surface area contributed by atoms with E-state index in [0.29, 0.717) is 11.3 Å². The van der Waals surface area contributed by atoms with Gasteiger partial charge in [0.2, 0.25) is 0 Å². The number of hydrogen-bond donors (Lipinski definition) is 0. The third-order valence-corrected chi connectivity index (χ3v) is 2.85. The summed E-state index contributed by atoms with van der Waals surface area (Å²) in [6.45, 7) is 1.77. The van der Waals surface area contributed by atoms with Gasteiger partial charge in [-0.1, -0.05) is 0 Å². The van der Waals surface area contributed by atoms with Crippen LogP contribution in [0.3, 0.4) is 0 Å². The number of carbonyl (C=O) groups excluding carboxylic acids is 1. The number of rotatable bonds is 2. The van der Waals surface area contributed by atoms with Gasteiger partial charge in [-0.3, -0.25) is 0 Å². The van der Waals surface area contributed by atoms with Crippen LogP contribution in [-0.4, -0.2) is 17.6 Å². The summed E-state index contributed by atoms with van der Waals surface area (Å²) in [5.41, 5.74) is 1.78. The van der Waals surface area contributed by atoms with Crippen molar-refractivity contribution in [3.63, 3.8) is 0 Å². The second kappa shape index (κ2) is 3.56. The van der Waals surface area contributed by atoms with Gasteiger partial charge in [-0.05, 0) is 30.7 Å². The lowest BCUT2D eigenvalue weighted by Gasteiger charge is -2.05. The number of aryl methyl sites for hydroxylation is 2. The molecule has 0 N–H and O–H groups in total. The van der Waals surface area contributed by atoms with E-state index in [4.69, 9.17) is 4.74 Å². The van der Waals surface area contributed by atoms with Crippen molar-refractivity contribution in [3.8, 4) is 5.75 Å². The van der Waals surface area contributed by atoms with E-state index in [2.05, 4.69) is 0 Å². The number of hydrogen-bond acceptors (Lipinski definition) is 3. The van der Waals surface area contributed by atoms with E-state index in [-0.39, 0.29) is 5.69 Å². The van der Waals surface area contributed by atoms with E-state index < -0.39 is 5.97 Å². The van der Waals surface area contributed by atoms with Crippen molar-refractivity contribution in [2.24, 2.45) is 7.05 Å². The molecule has 0 aliphatic carbocycles. The van der Waals surface area contributed by atoms with Crippen molar-refractivity contribution < 1.29 is 14.6 Å². The molecule has 2 rings (SSSR count). The van der Waals surface area contributed by atoms with Crippen LogP contribution < -0.4 is 9.84 Å². The van der Waals surface area contributed by atoms with Crippen LogP contribution >= 0.6 is 0 Å². The Labute approximate surface area is 93.1 Å². The highest BCUT2D eigenvalue weighted by Gasteiger charge is 2.12. The SMILES string of the molecule is COc1ccc2c(c1)c(C)c(C(=O)[O-])n2C. The second-order valence-electron chi connectivity index (χ2n) is 3.70. The highest BCUT2D eigenvalue weighted by Crippen LogP contribution is 2.27. The third kappa shape index (κ3) is 1.34. The fourth-order valence-corrected chi connectivity index (χ4v) is 2.02. The standard InChI is InChI=1S/C12H13NO3/c1-7-9-6-8(16-3)4-5-10(9)13(2)11(7)12(14)15/h4-6H,1-3H3,(H,14,15)/p-1. The molecule has 4 nitrogen and oxygen atoms in total. The summed E-state index contributed by atoms with van der Waals surface area (Å²) in [5.74, 6) is -0.443. The third-order valence-electron chi connectivity index (χ3n) is 2.85. The van der Waals surface area contributed by atoms with Crippen LogP contribution in [0.1, 0.15) is 16.1 Å². The predicted molar refractivity (Wildman–Crippen MR) is 58.5 cm³/mol. The van der Waals surface area contributed by atoms with Crippen LogP contribution in [0.15, 0.2) is 18.2 Å². The maximum Gasteiger partial charge on any atom is 0.119 e. The van der Waals surface area contributed by atoms with E-state index in [9.17, 15) is 9.90 Å². The molecule has 1 heterocycles. The number of carboxylic acids is 1. The van der Waals surface area contributed by atoms with Crippen molar-refractivity contribution in [2.75, 3.05) is 7.11 Å². The van der Waals surface area contributed by atoms with E-state index in [1.807, 2.05) is 12.1 Å². The van der Waals surface area contributed by atoms with Crippen molar-refractivity contribution in [1.82, 2.24) is 4.57 Å². The number of ether oxygens (including phenoxy) is 1. The highest BCUT2D eigenvalue weighted by molar-refractivity contribution is 5.97. The Morgan fingerprint density at radius 2 is 2.12 bits per heavy atom. The molecule has 1 aromatic heterocycles. The van der Waals surface area contributed by atoms with Gasteiger partial charge in [0.1, 0.15) is 5.75 Å². The summed E-state index contributed by atoms with van der Waals surface area (Å²) < 4.78 is 6.74. The molecule has 0 aliphatic rings. The zero-order valence-corrected chi connectivity index (χ0v) is 9.40. The lowest BCUT2D eigenvalue weighted by molar-refractivity contribution is -0.255. The Morgan fingerprint density at radius 1 is 1.44 bits per heavy atom.